The third kappa shape index (κ3) is 4.43. The zero-order valence-corrected chi connectivity index (χ0v) is 22.9. The fraction of sp³-hybridized carbons (Fsp3) is 0. The molecule has 0 fully saturated rings. The second-order valence-electron chi connectivity index (χ2n) is 9.52. The molecule has 2 nitrogen and oxygen atoms in total. The molecule has 216 valence electrons. The number of anilines is 3. The number of para-hydroxylation sites is 1. The van der Waals surface area contributed by atoms with E-state index in [1.807, 2.05) is 0 Å². The first-order valence-electron chi connectivity index (χ1n) is 27.8. The second-order valence-corrected chi connectivity index (χ2v) is 9.52. The van der Waals surface area contributed by atoms with Crippen molar-refractivity contribution in [1.29, 1.82) is 0 Å². The minimum absolute atomic E-state index is 0.405. The largest absolute Gasteiger partial charge is 0.455 e. The van der Waals surface area contributed by atoms with Crippen LogP contribution in [0.3, 0.4) is 0 Å². The molecule has 0 aliphatic heterocycles. The highest BCUT2D eigenvalue weighted by Crippen LogP contribution is 2.45. The van der Waals surface area contributed by atoms with E-state index in [0.717, 1.165) is 0 Å². The van der Waals surface area contributed by atoms with Gasteiger partial charge in [0.1, 0.15) is 11.2 Å². The van der Waals surface area contributed by atoms with E-state index in [9.17, 15) is 13.7 Å². The zero-order chi connectivity index (χ0) is 55.7. The van der Waals surface area contributed by atoms with E-state index in [-0.39, 0.29) is 0 Å². The van der Waals surface area contributed by atoms with Crippen LogP contribution in [-0.4, -0.2) is 0 Å². The standard InChI is InChI=1S/C44H29NO/c1-2-10-30(11-3-1)32-20-24-36(25-21-32)45(37-26-22-33(23-27-37)35-19-18-31-12-4-5-13-34(31)28-35)42-29-41-39-15-8-9-17-43(39)46-44(41)40-16-7-6-14-38(40)42/h1-29H/i1D,2D,3D,4D,5D,6D,7D,8D,9D,10D,11D,12D,13D,14D,15D,16D,17D,18D,19D,20D,21D,22D,23D,24D,25D,26D,27D,28D,29D. The Morgan fingerprint density at radius 1 is 0.391 bits per heavy atom. The summed E-state index contributed by atoms with van der Waals surface area (Å²) in [7, 11) is 0. The highest BCUT2D eigenvalue weighted by molar-refractivity contribution is 6.19. The van der Waals surface area contributed by atoms with Crippen molar-refractivity contribution >= 4 is 60.5 Å². The summed E-state index contributed by atoms with van der Waals surface area (Å²) in [6, 6.07) is -29.1. The van der Waals surface area contributed by atoms with Crippen molar-refractivity contribution in [2.24, 2.45) is 0 Å². The average molecular weight is 617 g/mol. The van der Waals surface area contributed by atoms with Gasteiger partial charge in [0.25, 0.3) is 0 Å². The number of benzene rings is 8. The normalized spacial score (nSPS) is 20.3. The summed E-state index contributed by atoms with van der Waals surface area (Å²) < 4.78 is 264. The molecule has 9 aromatic rings. The van der Waals surface area contributed by atoms with E-state index in [1.165, 1.54) is 0 Å². The quantitative estimate of drug-likeness (QED) is 0.191. The monoisotopic (exact) mass is 616 g/mol. The minimum Gasteiger partial charge on any atom is -0.455 e. The molecule has 0 aliphatic rings. The van der Waals surface area contributed by atoms with Gasteiger partial charge in [-0.3, -0.25) is 0 Å². The van der Waals surface area contributed by atoms with Crippen LogP contribution in [0.2, 0.25) is 0 Å². The molecule has 2 heteroatoms. The van der Waals surface area contributed by atoms with Crippen molar-refractivity contribution in [2.75, 3.05) is 4.90 Å². The molecular weight excluding hydrogens is 558 g/mol. The smallest absolute Gasteiger partial charge is 0.143 e. The third-order valence-corrected chi connectivity index (χ3v) is 6.87. The predicted octanol–water partition coefficient (Wildman–Crippen LogP) is 12.7. The summed E-state index contributed by atoms with van der Waals surface area (Å²) >= 11 is 0. The molecule has 0 spiro atoms. The molecule has 0 amide bonds. The van der Waals surface area contributed by atoms with E-state index in [2.05, 4.69) is 0 Å². The van der Waals surface area contributed by atoms with Crippen molar-refractivity contribution in [1.82, 2.24) is 0 Å². The van der Waals surface area contributed by atoms with Gasteiger partial charge in [-0.2, -0.15) is 0 Å². The van der Waals surface area contributed by atoms with Crippen molar-refractivity contribution in [3.63, 3.8) is 0 Å². The Hall–Kier alpha value is -6.12. The Balaban J connectivity index is 1.54. The van der Waals surface area contributed by atoms with Gasteiger partial charge >= 0.3 is 0 Å². The van der Waals surface area contributed by atoms with Crippen molar-refractivity contribution in [3.8, 4) is 22.3 Å². The van der Waals surface area contributed by atoms with Crippen LogP contribution in [0.25, 0.3) is 65.7 Å². The summed E-state index contributed by atoms with van der Waals surface area (Å²) in [6.45, 7) is 0. The molecule has 8 aromatic carbocycles. The first-order chi connectivity index (χ1) is 34.9. The van der Waals surface area contributed by atoms with E-state index in [4.69, 9.17) is 30.5 Å². The fourth-order valence-corrected chi connectivity index (χ4v) is 4.83. The van der Waals surface area contributed by atoms with Crippen LogP contribution in [0, 0.1) is 0 Å². The summed E-state index contributed by atoms with van der Waals surface area (Å²) in [4.78, 5) is 0.405. The Labute approximate surface area is 308 Å². The first-order valence-corrected chi connectivity index (χ1v) is 13.3. The van der Waals surface area contributed by atoms with Crippen LogP contribution in [0.4, 0.5) is 17.1 Å². The predicted molar refractivity (Wildman–Crippen MR) is 194 cm³/mol. The molecule has 0 atom stereocenters. The van der Waals surface area contributed by atoms with Crippen LogP contribution in [-0.2, 0) is 0 Å². The molecule has 0 radical (unpaired) electrons. The van der Waals surface area contributed by atoms with Gasteiger partial charge in [0, 0.05) is 32.9 Å². The Bertz CT molecular complexity index is 4100. The summed E-state index contributed by atoms with van der Waals surface area (Å²) in [6.07, 6.45) is 0. The minimum atomic E-state index is -1.27. The molecule has 1 heterocycles. The molecule has 0 saturated heterocycles. The SMILES string of the molecule is [2H]c1c([2H])c([2H])c(-c2c([2H])c([2H])c(N(c3c([2H])c([2H])c(-c4c([2H])c([2H])c5c([2H])c([2H])c([2H])c([2H])c5c4[2H])c([2H])c3[2H])c3c([2H])c4c(oc5c([2H])c([2H])c([2H])c([2H])c54)c4c([2H])c([2H])c([2H])c([2H])c34)c([2H])c2[2H])c([2H])c1[2H]. The van der Waals surface area contributed by atoms with E-state index < -0.39 is 258 Å². The van der Waals surface area contributed by atoms with Crippen LogP contribution in [0.15, 0.2) is 180 Å². The molecule has 46 heavy (non-hydrogen) atoms. The van der Waals surface area contributed by atoms with Gasteiger partial charge in [0.05, 0.1) is 45.4 Å². The highest BCUT2D eigenvalue weighted by Gasteiger charge is 2.20. The number of hydrogen-bond acceptors (Lipinski definition) is 2. The Kier molecular flexibility index (Phi) is 2.39. The van der Waals surface area contributed by atoms with Gasteiger partial charge in [-0.1, -0.05) is 133 Å². The van der Waals surface area contributed by atoms with Gasteiger partial charge in [-0.05, 0) is 75.3 Å². The number of furan rings is 1. The van der Waals surface area contributed by atoms with E-state index in [1.54, 1.807) is 0 Å². The molecule has 0 aliphatic carbocycles. The van der Waals surface area contributed by atoms with Gasteiger partial charge < -0.3 is 9.32 Å². The second kappa shape index (κ2) is 10.8. The topological polar surface area (TPSA) is 16.4 Å². The fourth-order valence-electron chi connectivity index (χ4n) is 4.83. The molecule has 0 unspecified atom stereocenters. The molecule has 1 aromatic heterocycles. The van der Waals surface area contributed by atoms with Crippen LogP contribution in [0.1, 0.15) is 39.8 Å². The number of rotatable bonds is 5. The maximum absolute atomic E-state index is 9.95. The Morgan fingerprint density at radius 3 is 1.67 bits per heavy atom. The van der Waals surface area contributed by atoms with Gasteiger partial charge in [-0.25, -0.2) is 0 Å². The van der Waals surface area contributed by atoms with Crippen LogP contribution < -0.4 is 4.90 Å². The van der Waals surface area contributed by atoms with Gasteiger partial charge in [0.2, 0.25) is 0 Å². The lowest BCUT2D eigenvalue weighted by Gasteiger charge is -2.27. The lowest BCUT2D eigenvalue weighted by Crippen LogP contribution is -2.10. The highest BCUT2D eigenvalue weighted by atomic mass is 16.3. The van der Waals surface area contributed by atoms with Gasteiger partial charge in [-0.15, -0.1) is 0 Å². The average Bonchev–Trinajstić information content (AvgIpc) is 3.78. The lowest BCUT2D eigenvalue weighted by molar-refractivity contribution is 0.672. The maximum atomic E-state index is 9.95. The number of fused-ring (bicyclic) bond motifs is 6. The van der Waals surface area contributed by atoms with Crippen LogP contribution in [0.5, 0.6) is 0 Å². The zero-order valence-electron chi connectivity index (χ0n) is 51.9. The van der Waals surface area contributed by atoms with Crippen molar-refractivity contribution in [2.45, 2.75) is 0 Å². The number of hydrogen-bond donors (Lipinski definition) is 0. The molecule has 0 bridgehead atoms. The summed E-state index contributed by atoms with van der Waals surface area (Å²) in [5.41, 5.74) is -8.03. The van der Waals surface area contributed by atoms with E-state index >= 15 is 0 Å². The maximum Gasteiger partial charge on any atom is 0.143 e. The number of nitrogens with zero attached hydrogens (tertiary/aromatic N) is 1. The van der Waals surface area contributed by atoms with Crippen molar-refractivity contribution in [3.05, 3.63) is 175 Å². The lowest BCUT2D eigenvalue weighted by atomic mass is 9.99. The molecule has 9 rings (SSSR count). The summed E-state index contributed by atoms with van der Waals surface area (Å²) in [5, 5.41) is -3.91. The Morgan fingerprint density at radius 2 is 0.935 bits per heavy atom. The summed E-state index contributed by atoms with van der Waals surface area (Å²) in [5.74, 6) is 0. The van der Waals surface area contributed by atoms with E-state index in [0.29, 0.717) is 4.90 Å². The molecule has 0 N–H and O–H groups in total. The third-order valence-electron chi connectivity index (χ3n) is 6.87. The molecule has 0 saturated carbocycles. The van der Waals surface area contributed by atoms with Gasteiger partial charge in [0.15, 0.2) is 0 Å². The van der Waals surface area contributed by atoms with Crippen molar-refractivity contribution < 1.29 is 44.2 Å². The van der Waals surface area contributed by atoms with Crippen LogP contribution >= 0.6 is 0 Å². The molecular formula is C44H29NO. The first kappa shape index (κ1) is 10.2.